The molecule has 1 N–H and O–H groups in total. The maximum absolute atomic E-state index is 5.90. The Kier molecular flexibility index (Phi) is 2.69. The average molecular weight is 341 g/mol. The molecular formula is C17H13BrN2O. The van der Waals surface area contributed by atoms with Crippen LogP contribution in [0.2, 0.25) is 0 Å². The standard InChI is InChI=1S/C17H13BrN2O/c1-9-3-4-14-11(5-9)7-15(21-14)17-19-13-8-12(18)6-10(2)16(13)20-17/h3-8H,1-2H3,(H,19,20). The highest BCUT2D eigenvalue weighted by Crippen LogP contribution is 2.30. The van der Waals surface area contributed by atoms with Crippen LogP contribution in [0.4, 0.5) is 0 Å². The molecule has 2 aromatic heterocycles. The fourth-order valence-corrected chi connectivity index (χ4v) is 3.21. The number of hydrogen-bond acceptors (Lipinski definition) is 2. The van der Waals surface area contributed by atoms with Crippen molar-refractivity contribution < 1.29 is 4.42 Å². The minimum Gasteiger partial charge on any atom is -0.453 e. The van der Waals surface area contributed by atoms with E-state index < -0.39 is 0 Å². The Labute approximate surface area is 130 Å². The number of hydrogen-bond donors (Lipinski definition) is 1. The number of imidazole rings is 1. The van der Waals surface area contributed by atoms with Gasteiger partial charge in [-0.15, -0.1) is 0 Å². The molecule has 0 spiro atoms. The van der Waals surface area contributed by atoms with Gasteiger partial charge in [-0.05, 0) is 49.7 Å². The largest absolute Gasteiger partial charge is 0.453 e. The van der Waals surface area contributed by atoms with Crippen molar-refractivity contribution >= 4 is 37.9 Å². The maximum atomic E-state index is 5.90. The first kappa shape index (κ1) is 12.7. The van der Waals surface area contributed by atoms with Gasteiger partial charge >= 0.3 is 0 Å². The number of aromatic amines is 1. The van der Waals surface area contributed by atoms with Crippen LogP contribution >= 0.6 is 15.9 Å². The van der Waals surface area contributed by atoms with Crippen LogP contribution in [0.25, 0.3) is 33.6 Å². The fourth-order valence-electron chi connectivity index (χ4n) is 2.64. The lowest BCUT2D eigenvalue weighted by Crippen LogP contribution is -1.77. The monoisotopic (exact) mass is 340 g/mol. The van der Waals surface area contributed by atoms with E-state index in [1.54, 1.807) is 0 Å². The third kappa shape index (κ3) is 2.07. The molecular weight excluding hydrogens is 328 g/mol. The van der Waals surface area contributed by atoms with Gasteiger partial charge in [0.25, 0.3) is 0 Å². The summed E-state index contributed by atoms with van der Waals surface area (Å²) >= 11 is 3.51. The van der Waals surface area contributed by atoms with Crippen LogP contribution in [-0.4, -0.2) is 9.97 Å². The Morgan fingerprint density at radius 3 is 2.81 bits per heavy atom. The molecule has 21 heavy (non-hydrogen) atoms. The third-order valence-corrected chi connectivity index (χ3v) is 4.10. The predicted molar refractivity (Wildman–Crippen MR) is 88.5 cm³/mol. The number of benzene rings is 2. The van der Waals surface area contributed by atoms with E-state index in [-0.39, 0.29) is 0 Å². The molecule has 0 saturated heterocycles. The van der Waals surface area contributed by atoms with Gasteiger partial charge in [-0.2, -0.15) is 0 Å². The zero-order valence-corrected chi connectivity index (χ0v) is 13.3. The molecule has 4 aromatic rings. The fraction of sp³-hybridized carbons (Fsp3) is 0.118. The number of H-pyrrole nitrogens is 1. The van der Waals surface area contributed by atoms with Gasteiger partial charge in [0.05, 0.1) is 11.0 Å². The number of halogens is 1. The highest BCUT2D eigenvalue weighted by Gasteiger charge is 2.12. The minimum atomic E-state index is 0.764. The van der Waals surface area contributed by atoms with E-state index in [1.807, 2.05) is 18.2 Å². The molecule has 0 fully saturated rings. The Bertz CT molecular complexity index is 981. The van der Waals surface area contributed by atoms with Crippen LogP contribution in [0, 0.1) is 13.8 Å². The molecule has 2 aromatic carbocycles. The summed E-state index contributed by atoms with van der Waals surface area (Å²) in [4.78, 5) is 8.01. The topological polar surface area (TPSA) is 41.8 Å². The highest BCUT2D eigenvalue weighted by molar-refractivity contribution is 9.10. The van der Waals surface area contributed by atoms with Crippen molar-refractivity contribution in [2.45, 2.75) is 13.8 Å². The second-order valence-electron chi connectivity index (χ2n) is 5.36. The van der Waals surface area contributed by atoms with Gasteiger partial charge in [0.2, 0.25) is 0 Å². The van der Waals surface area contributed by atoms with Gasteiger partial charge in [0.15, 0.2) is 11.6 Å². The Hall–Kier alpha value is -2.07. The smallest absolute Gasteiger partial charge is 0.174 e. The highest BCUT2D eigenvalue weighted by atomic mass is 79.9. The first-order valence-corrected chi connectivity index (χ1v) is 7.56. The van der Waals surface area contributed by atoms with Gasteiger partial charge in [-0.3, -0.25) is 0 Å². The molecule has 0 aliphatic rings. The number of rotatable bonds is 1. The van der Waals surface area contributed by atoms with E-state index in [4.69, 9.17) is 4.42 Å². The molecule has 0 radical (unpaired) electrons. The number of fused-ring (bicyclic) bond motifs is 2. The molecule has 104 valence electrons. The number of aryl methyl sites for hydroxylation is 2. The van der Waals surface area contributed by atoms with E-state index in [9.17, 15) is 0 Å². The number of aromatic nitrogens is 2. The molecule has 0 unspecified atom stereocenters. The first-order valence-electron chi connectivity index (χ1n) is 6.76. The molecule has 0 aliphatic heterocycles. The number of nitrogens with one attached hydrogen (secondary N) is 1. The lowest BCUT2D eigenvalue weighted by atomic mass is 10.2. The van der Waals surface area contributed by atoms with E-state index >= 15 is 0 Å². The Morgan fingerprint density at radius 2 is 1.95 bits per heavy atom. The van der Waals surface area contributed by atoms with Crippen LogP contribution in [0.3, 0.4) is 0 Å². The molecule has 4 heteroatoms. The molecule has 0 saturated carbocycles. The van der Waals surface area contributed by atoms with Gasteiger partial charge < -0.3 is 9.40 Å². The van der Waals surface area contributed by atoms with Crippen molar-refractivity contribution in [1.82, 2.24) is 9.97 Å². The van der Waals surface area contributed by atoms with Gasteiger partial charge in [0.1, 0.15) is 5.58 Å². The quantitative estimate of drug-likeness (QED) is 0.507. The number of furan rings is 1. The van der Waals surface area contributed by atoms with Gasteiger partial charge in [-0.25, -0.2) is 4.98 Å². The molecule has 0 amide bonds. The first-order chi connectivity index (χ1) is 10.1. The summed E-state index contributed by atoms with van der Waals surface area (Å²) in [6, 6.07) is 12.3. The zero-order chi connectivity index (χ0) is 14.6. The molecule has 4 rings (SSSR count). The maximum Gasteiger partial charge on any atom is 0.174 e. The molecule has 2 heterocycles. The number of nitrogens with zero attached hydrogens (tertiary/aromatic N) is 1. The van der Waals surface area contributed by atoms with Crippen molar-refractivity contribution in [1.29, 1.82) is 0 Å². The SMILES string of the molecule is Cc1ccc2oc(-c3nc4c(C)cc(Br)cc4[nH]3)cc2c1. The second kappa shape index (κ2) is 4.46. The Morgan fingerprint density at radius 1 is 1.10 bits per heavy atom. The third-order valence-electron chi connectivity index (χ3n) is 3.65. The van der Waals surface area contributed by atoms with Gasteiger partial charge in [0, 0.05) is 9.86 Å². The lowest BCUT2D eigenvalue weighted by Gasteiger charge is -1.94. The van der Waals surface area contributed by atoms with Crippen LogP contribution < -0.4 is 0 Å². The molecule has 0 atom stereocenters. The van der Waals surface area contributed by atoms with E-state index in [0.29, 0.717) is 0 Å². The second-order valence-corrected chi connectivity index (χ2v) is 6.27. The molecule has 0 bridgehead atoms. The summed E-state index contributed by atoms with van der Waals surface area (Å²) in [6.07, 6.45) is 0. The van der Waals surface area contributed by atoms with Crippen LogP contribution in [0.5, 0.6) is 0 Å². The van der Waals surface area contributed by atoms with E-state index in [2.05, 4.69) is 57.9 Å². The summed E-state index contributed by atoms with van der Waals surface area (Å²) in [6.45, 7) is 4.13. The van der Waals surface area contributed by atoms with Crippen molar-refractivity contribution in [3.8, 4) is 11.6 Å². The minimum absolute atomic E-state index is 0.764. The molecule has 0 aliphatic carbocycles. The van der Waals surface area contributed by atoms with Crippen molar-refractivity contribution in [2.75, 3.05) is 0 Å². The van der Waals surface area contributed by atoms with Crippen LogP contribution in [0.15, 0.2) is 45.3 Å². The summed E-state index contributed by atoms with van der Waals surface area (Å²) in [5.74, 6) is 1.53. The Balaban J connectivity index is 1.93. The summed E-state index contributed by atoms with van der Waals surface area (Å²) in [7, 11) is 0. The van der Waals surface area contributed by atoms with Crippen molar-refractivity contribution in [2.24, 2.45) is 0 Å². The van der Waals surface area contributed by atoms with Crippen molar-refractivity contribution in [3.63, 3.8) is 0 Å². The summed E-state index contributed by atoms with van der Waals surface area (Å²) in [5, 5.41) is 1.10. The lowest BCUT2D eigenvalue weighted by molar-refractivity contribution is 0.626. The van der Waals surface area contributed by atoms with Gasteiger partial charge in [-0.1, -0.05) is 27.6 Å². The molecule has 3 nitrogen and oxygen atoms in total. The van der Waals surface area contributed by atoms with Crippen LogP contribution in [0.1, 0.15) is 11.1 Å². The van der Waals surface area contributed by atoms with Crippen LogP contribution in [-0.2, 0) is 0 Å². The summed E-state index contributed by atoms with van der Waals surface area (Å²) in [5.41, 5.74) is 5.22. The summed E-state index contributed by atoms with van der Waals surface area (Å²) < 4.78 is 6.95. The normalized spacial score (nSPS) is 11.6. The van der Waals surface area contributed by atoms with Crippen molar-refractivity contribution in [3.05, 3.63) is 52.0 Å². The predicted octanol–water partition coefficient (Wildman–Crippen LogP) is 5.36. The van der Waals surface area contributed by atoms with E-state index in [1.165, 1.54) is 5.56 Å². The zero-order valence-electron chi connectivity index (χ0n) is 11.7. The van der Waals surface area contributed by atoms with E-state index in [0.717, 1.165) is 43.6 Å². The average Bonchev–Trinajstić information content (AvgIpc) is 3.01.